The fraction of sp³-hybridized carbons (Fsp3) is 0.0435. The molecule has 4 heteroatoms. The molecular formula is C46H36N4. The van der Waals surface area contributed by atoms with Gasteiger partial charge >= 0.3 is 0 Å². The lowest BCUT2D eigenvalue weighted by atomic mass is 9.96. The minimum absolute atomic E-state index is 0.445. The van der Waals surface area contributed by atoms with Gasteiger partial charge in [0.25, 0.3) is 0 Å². The summed E-state index contributed by atoms with van der Waals surface area (Å²) in [5.74, 6) is 1.07. The van der Waals surface area contributed by atoms with E-state index in [4.69, 9.17) is 15.7 Å². The second kappa shape index (κ2) is 13.5. The molecule has 0 fully saturated rings. The molecule has 1 aliphatic carbocycles. The molecule has 0 spiro atoms. The van der Waals surface area contributed by atoms with Crippen LogP contribution in [0.5, 0.6) is 0 Å². The van der Waals surface area contributed by atoms with Crippen molar-refractivity contribution < 1.29 is 0 Å². The second-order valence-electron chi connectivity index (χ2n) is 12.6. The molecule has 1 heterocycles. The summed E-state index contributed by atoms with van der Waals surface area (Å²) >= 11 is 0. The summed E-state index contributed by atoms with van der Waals surface area (Å²) in [5, 5.41) is 0. The quantitative estimate of drug-likeness (QED) is 0.145. The molecule has 0 amide bonds. The fourth-order valence-corrected chi connectivity index (χ4v) is 6.75. The van der Waals surface area contributed by atoms with Crippen LogP contribution in [-0.4, -0.2) is 11.7 Å². The average molecular weight is 645 g/mol. The van der Waals surface area contributed by atoms with Gasteiger partial charge in [-0.15, -0.1) is 0 Å². The highest BCUT2D eigenvalue weighted by molar-refractivity contribution is 6.11. The molecule has 0 saturated heterocycles. The van der Waals surface area contributed by atoms with Gasteiger partial charge in [0.05, 0.1) is 12.2 Å². The van der Waals surface area contributed by atoms with Crippen LogP contribution in [0.1, 0.15) is 38.9 Å². The first-order chi connectivity index (χ1) is 24.6. The van der Waals surface area contributed by atoms with Gasteiger partial charge in [0.1, 0.15) is 5.84 Å². The normalized spacial score (nSPS) is 15.6. The van der Waals surface area contributed by atoms with Gasteiger partial charge in [-0.05, 0) is 87.4 Å². The first-order valence-corrected chi connectivity index (χ1v) is 16.9. The van der Waals surface area contributed by atoms with Crippen molar-refractivity contribution in [2.45, 2.75) is 13.0 Å². The largest absolute Gasteiger partial charge is 0.383 e. The number of nitrogens with zero attached hydrogens (tertiary/aromatic N) is 3. The predicted molar refractivity (Wildman–Crippen MR) is 210 cm³/mol. The van der Waals surface area contributed by atoms with Crippen LogP contribution in [0.25, 0.3) is 22.3 Å². The highest BCUT2D eigenvalue weighted by Gasteiger charge is 2.23. The van der Waals surface area contributed by atoms with Gasteiger partial charge < -0.3 is 10.6 Å². The van der Waals surface area contributed by atoms with Crippen LogP contribution in [0, 0.1) is 0 Å². The van der Waals surface area contributed by atoms with Gasteiger partial charge in [-0.3, -0.25) is 4.99 Å². The Bertz CT molecular complexity index is 2330. The molecule has 6 aromatic rings. The Labute approximate surface area is 293 Å². The summed E-state index contributed by atoms with van der Waals surface area (Å²) in [6, 6.07) is 52.4. The number of nitrogens with two attached hydrogens (primary N) is 1. The van der Waals surface area contributed by atoms with E-state index in [1.165, 1.54) is 22.3 Å². The van der Waals surface area contributed by atoms with Crippen LogP contribution in [0.15, 0.2) is 187 Å². The number of amidine groups is 2. The van der Waals surface area contributed by atoms with Crippen LogP contribution in [0.4, 0.5) is 11.4 Å². The van der Waals surface area contributed by atoms with E-state index < -0.39 is 0 Å². The number of benzene rings is 6. The number of fused-ring (bicyclic) bond motifs is 4. The Hall–Kier alpha value is -6.52. The molecule has 1 aliphatic heterocycles. The van der Waals surface area contributed by atoms with Crippen LogP contribution in [-0.2, 0) is 13.0 Å². The van der Waals surface area contributed by atoms with Crippen LogP contribution in [0.2, 0.25) is 0 Å². The second-order valence-corrected chi connectivity index (χ2v) is 12.6. The third kappa shape index (κ3) is 6.23. The number of rotatable bonds is 6. The molecule has 8 rings (SSSR count). The Morgan fingerprint density at radius 3 is 2.10 bits per heavy atom. The van der Waals surface area contributed by atoms with Crippen molar-refractivity contribution in [1.82, 2.24) is 0 Å². The molecule has 4 nitrogen and oxygen atoms in total. The summed E-state index contributed by atoms with van der Waals surface area (Å²) in [5.41, 5.74) is 21.1. The Balaban J connectivity index is 1.14. The van der Waals surface area contributed by atoms with Crippen LogP contribution >= 0.6 is 0 Å². The molecule has 0 saturated carbocycles. The molecule has 0 atom stereocenters. The van der Waals surface area contributed by atoms with Gasteiger partial charge in [-0.2, -0.15) is 0 Å². The lowest BCUT2D eigenvalue weighted by Gasteiger charge is -2.26. The van der Waals surface area contributed by atoms with E-state index in [-0.39, 0.29) is 0 Å². The Morgan fingerprint density at radius 2 is 1.32 bits per heavy atom. The van der Waals surface area contributed by atoms with Crippen molar-refractivity contribution in [3.8, 4) is 11.1 Å². The van der Waals surface area contributed by atoms with E-state index in [2.05, 4.69) is 127 Å². The van der Waals surface area contributed by atoms with Crippen molar-refractivity contribution in [1.29, 1.82) is 0 Å². The maximum absolute atomic E-state index is 6.53. The zero-order valence-corrected chi connectivity index (χ0v) is 27.7. The van der Waals surface area contributed by atoms with Crippen molar-refractivity contribution >= 4 is 34.2 Å². The molecule has 240 valence electrons. The van der Waals surface area contributed by atoms with Crippen molar-refractivity contribution in [2.24, 2.45) is 15.7 Å². The molecule has 0 aromatic heterocycles. The van der Waals surface area contributed by atoms with E-state index in [1.54, 1.807) is 0 Å². The third-order valence-electron chi connectivity index (χ3n) is 9.30. The molecule has 0 unspecified atom stereocenters. The van der Waals surface area contributed by atoms with Gasteiger partial charge in [0, 0.05) is 28.6 Å². The van der Waals surface area contributed by atoms with Crippen molar-refractivity contribution in [3.05, 3.63) is 216 Å². The summed E-state index contributed by atoms with van der Waals surface area (Å²) in [6.45, 7) is 4.98. The summed E-state index contributed by atoms with van der Waals surface area (Å²) in [6.07, 6.45) is 7.35. The Kier molecular flexibility index (Phi) is 8.34. The molecular weight excluding hydrogens is 609 g/mol. The van der Waals surface area contributed by atoms with E-state index in [9.17, 15) is 0 Å². The lowest BCUT2D eigenvalue weighted by molar-refractivity contribution is 1.06. The minimum atomic E-state index is 0.445. The zero-order valence-electron chi connectivity index (χ0n) is 27.7. The molecule has 50 heavy (non-hydrogen) atoms. The number of anilines is 2. The fourth-order valence-electron chi connectivity index (χ4n) is 6.75. The van der Waals surface area contributed by atoms with E-state index in [0.717, 1.165) is 56.8 Å². The zero-order chi connectivity index (χ0) is 33.9. The highest BCUT2D eigenvalue weighted by atomic mass is 15.1. The number of hydrogen-bond acceptors (Lipinski definition) is 2. The maximum Gasteiger partial charge on any atom is 0.157 e. The topological polar surface area (TPSA) is 54.0 Å². The van der Waals surface area contributed by atoms with Gasteiger partial charge in [-0.1, -0.05) is 134 Å². The lowest BCUT2D eigenvalue weighted by Crippen LogP contribution is -2.16. The smallest absolute Gasteiger partial charge is 0.157 e. The summed E-state index contributed by atoms with van der Waals surface area (Å²) < 4.78 is 0. The molecule has 2 aliphatic rings. The van der Waals surface area contributed by atoms with E-state index in [1.807, 2.05) is 54.6 Å². The standard InChI is InChI=1S/C46H36N4/c1-32-27-36(34-15-7-3-8-16-34)25-26-50(44-20-12-11-19-41(32)44)40-22-24-43-39(30-40)29-38-28-37(21-23-42(38)43)46(48-31-33-13-5-2-6-14-33)49-45(47)35-17-9-4-10-18-35/h2-28,30H,1,29,31H2,(H2,47,48,49)/b26-25-,36-27+. The molecule has 0 radical (unpaired) electrons. The van der Waals surface area contributed by atoms with Gasteiger partial charge in [-0.25, -0.2) is 4.99 Å². The number of para-hydroxylation sites is 1. The monoisotopic (exact) mass is 644 g/mol. The van der Waals surface area contributed by atoms with Crippen LogP contribution in [0.3, 0.4) is 0 Å². The van der Waals surface area contributed by atoms with Gasteiger partial charge in [0.2, 0.25) is 0 Å². The Morgan fingerprint density at radius 1 is 0.660 bits per heavy atom. The minimum Gasteiger partial charge on any atom is -0.383 e. The SMILES string of the molecule is C=C1/C=C(c2ccccc2)\C=C/N(c2ccc3c(c2)Cc2cc(C(/N=C(\N)c4ccccc4)=N/Cc4ccccc4)ccc2-3)c2ccccc21. The van der Waals surface area contributed by atoms with Crippen molar-refractivity contribution in [2.75, 3.05) is 4.90 Å². The predicted octanol–water partition coefficient (Wildman–Crippen LogP) is 10.4. The number of hydrogen-bond donors (Lipinski definition) is 1. The number of allylic oxidation sites excluding steroid dienone is 4. The average Bonchev–Trinajstić information content (AvgIpc) is 3.53. The number of aliphatic imine (C=N–C) groups is 2. The molecule has 0 bridgehead atoms. The van der Waals surface area contributed by atoms with E-state index in [0.29, 0.717) is 18.2 Å². The molecule has 2 N–H and O–H groups in total. The van der Waals surface area contributed by atoms with Crippen molar-refractivity contribution in [3.63, 3.8) is 0 Å². The highest BCUT2D eigenvalue weighted by Crippen LogP contribution is 2.42. The van der Waals surface area contributed by atoms with Gasteiger partial charge in [0.15, 0.2) is 5.84 Å². The first-order valence-electron chi connectivity index (χ1n) is 16.9. The van der Waals surface area contributed by atoms with E-state index >= 15 is 0 Å². The maximum atomic E-state index is 6.53. The third-order valence-corrected chi connectivity index (χ3v) is 9.30. The molecule has 6 aromatic carbocycles. The first kappa shape index (κ1) is 30.8. The summed E-state index contributed by atoms with van der Waals surface area (Å²) in [4.78, 5) is 12.1. The summed E-state index contributed by atoms with van der Waals surface area (Å²) in [7, 11) is 0. The van der Waals surface area contributed by atoms with Crippen LogP contribution < -0.4 is 10.6 Å².